The van der Waals surface area contributed by atoms with E-state index in [0.29, 0.717) is 0 Å². The van der Waals surface area contributed by atoms with Crippen molar-refractivity contribution in [2.45, 2.75) is 32.5 Å². The Balaban J connectivity index is 2.86. The highest BCUT2D eigenvalue weighted by atomic mass is 19.1. The summed E-state index contributed by atoms with van der Waals surface area (Å²) in [5, 5.41) is 19.1. The topological polar surface area (TPSA) is 80.9 Å². The molecule has 14 heavy (non-hydrogen) atoms. The van der Waals surface area contributed by atoms with Crippen molar-refractivity contribution >= 4 is 5.97 Å². The summed E-state index contributed by atoms with van der Waals surface area (Å²) in [5.41, 5.74) is 0. The van der Waals surface area contributed by atoms with Gasteiger partial charge >= 0.3 is 5.97 Å². The number of carboxylic acids is 1. The van der Waals surface area contributed by atoms with E-state index in [4.69, 9.17) is 5.11 Å². The van der Waals surface area contributed by atoms with Gasteiger partial charge in [0.25, 0.3) is 0 Å². The molecule has 1 heterocycles. The fourth-order valence-electron chi connectivity index (χ4n) is 1.00. The van der Waals surface area contributed by atoms with Crippen molar-refractivity contribution in [1.29, 1.82) is 0 Å². The Labute approximate surface area is 79.7 Å². The fourth-order valence-corrected chi connectivity index (χ4v) is 1.00. The zero-order chi connectivity index (χ0) is 10.7. The van der Waals surface area contributed by atoms with Crippen LogP contribution in [0.3, 0.4) is 0 Å². The molecule has 0 aliphatic rings. The molecule has 0 radical (unpaired) electrons. The average molecular weight is 202 g/mol. The Morgan fingerprint density at radius 2 is 2.29 bits per heavy atom. The summed E-state index contributed by atoms with van der Waals surface area (Å²) in [6, 6.07) is 0. The maximum absolute atomic E-state index is 12.6. The van der Waals surface area contributed by atoms with Gasteiger partial charge in [0.1, 0.15) is 12.1 Å². The fraction of sp³-hybridized carbons (Fsp3) is 0.714. The molecule has 0 aromatic carbocycles. The summed E-state index contributed by atoms with van der Waals surface area (Å²) >= 11 is 0. The molecule has 2 unspecified atom stereocenters. The number of rotatable bonds is 4. The van der Waals surface area contributed by atoms with Crippen LogP contribution in [-0.2, 0) is 11.3 Å². The van der Waals surface area contributed by atoms with Gasteiger partial charge in [0.05, 0.1) is 6.54 Å². The molecule has 1 aromatic rings. The van der Waals surface area contributed by atoms with E-state index in [-0.39, 0.29) is 12.4 Å². The summed E-state index contributed by atoms with van der Waals surface area (Å²) < 4.78 is 13.8. The lowest BCUT2D eigenvalue weighted by molar-refractivity contribution is -0.138. The van der Waals surface area contributed by atoms with E-state index in [1.54, 1.807) is 0 Å². The third kappa shape index (κ3) is 2.24. The Morgan fingerprint density at radius 3 is 2.79 bits per heavy atom. The number of hydrogen-bond donors (Lipinski definition) is 1. The molecule has 0 fully saturated rings. The zero-order valence-corrected chi connectivity index (χ0v) is 7.88. The van der Waals surface area contributed by atoms with Gasteiger partial charge in [0, 0.05) is 0 Å². The van der Waals surface area contributed by atoms with Gasteiger partial charge in [-0.25, -0.2) is 9.07 Å². The summed E-state index contributed by atoms with van der Waals surface area (Å²) in [5.74, 6) is -1.70. The second-order valence-electron chi connectivity index (χ2n) is 3.06. The number of nitrogens with zero attached hydrogens (tertiary/aromatic N) is 4. The Bertz CT molecular complexity index is 325. The van der Waals surface area contributed by atoms with Crippen molar-refractivity contribution in [3.8, 4) is 0 Å². The monoisotopic (exact) mass is 202 g/mol. The van der Waals surface area contributed by atoms with Gasteiger partial charge < -0.3 is 5.11 Å². The standard InChI is InChI=1S/C7H11FN4O2/c1-4(8)3-12-6(9-10-11-12)5(2)7(13)14/h4-5H,3H2,1-2H3,(H,13,14). The zero-order valence-electron chi connectivity index (χ0n) is 7.88. The molecule has 7 heteroatoms. The SMILES string of the molecule is CC(F)Cn1nnnc1C(C)C(=O)O. The smallest absolute Gasteiger partial charge is 0.314 e. The van der Waals surface area contributed by atoms with Crippen LogP contribution in [0.5, 0.6) is 0 Å². The number of halogens is 1. The van der Waals surface area contributed by atoms with Crippen molar-refractivity contribution in [2.24, 2.45) is 0 Å². The molecular weight excluding hydrogens is 191 g/mol. The van der Waals surface area contributed by atoms with Crippen LogP contribution in [0, 0.1) is 0 Å². The third-order valence-corrected chi connectivity index (χ3v) is 1.74. The summed E-state index contributed by atoms with van der Waals surface area (Å²) in [7, 11) is 0. The summed E-state index contributed by atoms with van der Waals surface area (Å²) in [4.78, 5) is 10.6. The molecule has 0 amide bonds. The Morgan fingerprint density at radius 1 is 1.64 bits per heavy atom. The molecule has 2 atom stereocenters. The lowest BCUT2D eigenvalue weighted by Gasteiger charge is -2.07. The van der Waals surface area contributed by atoms with E-state index in [2.05, 4.69) is 15.5 Å². The molecule has 0 aliphatic carbocycles. The van der Waals surface area contributed by atoms with Crippen LogP contribution in [0.25, 0.3) is 0 Å². The van der Waals surface area contributed by atoms with E-state index in [1.165, 1.54) is 18.5 Å². The normalized spacial score (nSPS) is 15.1. The van der Waals surface area contributed by atoms with Crippen LogP contribution in [0.2, 0.25) is 0 Å². The highest BCUT2D eigenvalue weighted by molar-refractivity contribution is 5.74. The van der Waals surface area contributed by atoms with E-state index in [1.807, 2.05) is 0 Å². The quantitative estimate of drug-likeness (QED) is 0.755. The van der Waals surface area contributed by atoms with Crippen LogP contribution in [0.1, 0.15) is 25.6 Å². The second kappa shape index (κ2) is 4.12. The number of carbonyl (C=O) groups is 1. The van der Waals surface area contributed by atoms with E-state index in [9.17, 15) is 9.18 Å². The minimum Gasteiger partial charge on any atom is -0.481 e. The lowest BCUT2D eigenvalue weighted by Crippen LogP contribution is -2.18. The first-order chi connectivity index (χ1) is 6.52. The number of aliphatic carboxylic acids is 1. The molecule has 0 saturated heterocycles. The van der Waals surface area contributed by atoms with Crippen LogP contribution in [0.15, 0.2) is 0 Å². The number of aromatic nitrogens is 4. The van der Waals surface area contributed by atoms with Gasteiger partial charge in [0.2, 0.25) is 0 Å². The minimum atomic E-state index is -1.11. The molecule has 0 spiro atoms. The first kappa shape index (κ1) is 10.6. The lowest BCUT2D eigenvalue weighted by atomic mass is 10.2. The van der Waals surface area contributed by atoms with Crippen molar-refractivity contribution in [3.63, 3.8) is 0 Å². The third-order valence-electron chi connectivity index (χ3n) is 1.74. The first-order valence-electron chi connectivity index (χ1n) is 4.15. The van der Waals surface area contributed by atoms with Gasteiger partial charge in [0.15, 0.2) is 5.82 Å². The van der Waals surface area contributed by atoms with Crippen LogP contribution < -0.4 is 0 Å². The van der Waals surface area contributed by atoms with Crippen molar-refractivity contribution in [3.05, 3.63) is 5.82 Å². The molecule has 78 valence electrons. The predicted octanol–water partition coefficient (Wildman–Crippen LogP) is 0.219. The van der Waals surface area contributed by atoms with Crippen LogP contribution >= 0.6 is 0 Å². The van der Waals surface area contributed by atoms with Gasteiger partial charge in [-0.1, -0.05) is 0 Å². The number of alkyl halides is 1. The summed E-state index contributed by atoms with van der Waals surface area (Å²) in [6.45, 7) is 2.78. The average Bonchev–Trinajstić information content (AvgIpc) is 2.49. The highest BCUT2D eigenvalue weighted by Crippen LogP contribution is 2.11. The first-order valence-corrected chi connectivity index (χ1v) is 4.15. The predicted molar refractivity (Wildman–Crippen MR) is 44.4 cm³/mol. The molecule has 1 N–H and O–H groups in total. The molecule has 0 bridgehead atoms. The number of carboxylic acid groups (broad SMARTS) is 1. The molecule has 1 aromatic heterocycles. The van der Waals surface area contributed by atoms with E-state index < -0.39 is 18.1 Å². The molecule has 0 aliphatic heterocycles. The molecule has 6 nitrogen and oxygen atoms in total. The Kier molecular flexibility index (Phi) is 3.10. The molecule has 0 saturated carbocycles. The van der Waals surface area contributed by atoms with Crippen LogP contribution in [0.4, 0.5) is 4.39 Å². The maximum atomic E-state index is 12.6. The van der Waals surface area contributed by atoms with Gasteiger partial charge in [-0.05, 0) is 24.3 Å². The second-order valence-corrected chi connectivity index (χ2v) is 3.06. The highest BCUT2D eigenvalue weighted by Gasteiger charge is 2.21. The van der Waals surface area contributed by atoms with Crippen molar-refractivity contribution < 1.29 is 14.3 Å². The van der Waals surface area contributed by atoms with Gasteiger partial charge in [-0.15, -0.1) is 5.10 Å². The molecule has 1 rings (SSSR count). The Hall–Kier alpha value is -1.53. The van der Waals surface area contributed by atoms with Crippen LogP contribution in [-0.4, -0.2) is 37.5 Å². The number of tetrazole rings is 1. The van der Waals surface area contributed by atoms with Crippen molar-refractivity contribution in [2.75, 3.05) is 0 Å². The minimum absolute atomic E-state index is 0.0278. The largest absolute Gasteiger partial charge is 0.481 e. The maximum Gasteiger partial charge on any atom is 0.314 e. The van der Waals surface area contributed by atoms with Crippen molar-refractivity contribution in [1.82, 2.24) is 20.2 Å². The van der Waals surface area contributed by atoms with Gasteiger partial charge in [-0.3, -0.25) is 4.79 Å². The molecular formula is C7H11FN4O2. The van der Waals surface area contributed by atoms with E-state index in [0.717, 1.165) is 0 Å². The van der Waals surface area contributed by atoms with E-state index >= 15 is 0 Å². The number of hydrogen-bond acceptors (Lipinski definition) is 4. The van der Waals surface area contributed by atoms with Gasteiger partial charge in [-0.2, -0.15) is 0 Å². The summed E-state index contributed by atoms with van der Waals surface area (Å²) in [6.07, 6.45) is -1.11.